The Kier molecular flexibility index (Phi) is 6.64. The summed E-state index contributed by atoms with van der Waals surface area (Å²) in [6, 6.07) is 0.195. The van der Waals surface area contributed by atoms with Crippen molar-refractivity contribution >= 4 is 23.5 Å². The predicted octanol–water partition coefficient (Wildman–Crippen LogP) is 3.15. The van der Waals surface area contributed by atoms with E-state index in [4.69, 9.17) is 4.74 Å². The van der Waals surface area contributed by atoms with E-state index in [1.807, 2.05) is 0 Å². The van der Waals surface area contributed by atoms with Gasteiger partial charge in [0.05, 0.1) is 13.2 Å². The summed E-state index contributed by atoms with van der Waals surface area (Å²) in [4.78, 5) is 8.86. The molecule has 4 nitrogen and oxygen atoms in total. The highest BCUT2D eigenvalue weighted by atomic mass is 32.2. The minimum atomic E-state index is 0.195. The fraction of sp³-hybridized carbons (Fsp3) is 0.733. The van der Waals surface area contributed by atoms with Gasteiger partial charge in [0.2, 0.25) is 5.88 Å². The number of hydrogen-bond acceptors (Lipinski definition) is 6. The van der Waals surface area contributed by atoms with Crippen LogP contribution in [0.3, 0.4) is 0 Å². The standard InChI is InChI=1S/C15H25N3OS2/c1-5-6-16-13(12-9-20-10(2)11(3)21-12)14-15(19-4)18-8-7-17-14/h7-8,10-13,16H,5-6,9H2,1-4H3. The molecule has 1 aliphatic heterocycles. The first-order valence-corrected chi connectivity index (χ1v) is 9.51. The van der Waals surface area contributed by atoms with Crippen molar-refractivity contribution in [2.75, 3.05) is 19.4 Å². The summed E-state index contributed by atoms with van der Waals surface area (Å²) < 4.78 is 5.42. The monoisotopic (exact) mass is 327 g/mol. The molecular formula is C15H25N3OS2. The Morgan fingerprint density at radius 3 is 2.76 bits per heavy atom. The maximum Gasteiger partial charge on any atom is 0.237 e. The Bertz CT molecular complexity index is 447. The van der Waals surface area contributed by atoms with Crippen LogP contribution < -0.4 is 10.1 Å². The molecule has 21 heavy (non-hydrogen) atoms. The van der Waals surface area contributed by atoms with Gasteiger partial charge in [-0.25, -0.2) is 4.98 Å². The molecule has 2 heterocycles. The van der Waals surface area contributed by atoms with Crippen LogP contribution in [0.4, 0.5) is 0 Å². The van der Waals surface area contributed by atoms with E-state index in [-0.39, 0.29) is 6.04 Å². The van der Waals surface area contributed by atoms with E-state index in [1.54, 1.807) is 19.5 Å². The van der Waals surface area contributed by atoms with Gasteiger partial charge in [0, 0.05) is 33.9 Å². The van der Waals surface area contributed by atoms with E-state index in [2.05, 4.69) is 59.6 Å². The van der Waals surface area contributed by atoms with Crippen molar-refractivity contribution in [3.05, 3.63) is 18.1 Å². The second kappa shape index (κ2) is 8.25. The number of rotatable bonds is 6. The van der Waals surface area contributed by atoms with E-state index in [9.17, 15) is 0 Å². The molecular weight excluding hydrogens is 302 g/mol. The van der Waals surface area contributed by atoms with Crippen molar-refractivity contribution in [2.45, 2.75) is 49.0 Å². The molecule has 0 radical (unpaired) electrons. The number of methoxy groups -OCH3 is 1. The normalized spacial score (nSPS) is 27.3. The quantitative estimate of drug-likeness (QED) is 0.866. The van der Waals surface area contributed by atoms with Crippen molar-refractivity contribution < 1.29 is 4.74 Å². The molecule has 1 saturated heterocycles. The lowest BCUT2D eigenvalue weighted by Crippen LogP contribution is -2.38. The van der Waals surface area contributed by atoms with Crippen LogP contribution in [0.25, 0.3) is 0 Å². The molecule has 1 aliphatic rings. The summed E-state index contributed by atoms with van der Waals surface area (Å²) in [5.74, 6) is 1.78. The molecule has 1 aromatic heterocycles. The van der Waals surface area contributed by atoms with Crippen LogP contribution in [0.1, 0.15) is 38.9 Å². The minimum absolute atomic E-state index is 0.195. The van der Waals surface area contributed by atoms with Gasteiger partial charge in [-0.1, -0.05) is 20.8 Å². The molecule has 0 amide bonds. The van der Waals surface area contributed by atoms with E-state index < -0.39 is 0 Å². The largest absolute Gasteiger partial charge is 0.480 e. The van der Waals surface area contributed by atoms with Crippen molar-refractivity contribution in [3.8, 4) is 5.88 Å². The van der Waals surface area contributed by atoms with Gasteiger partial charge in [0.25, 0.3) is 0 Å². The number of ether oxygens (including phenoxy) is 1. The number of hydrogen-bond donors (Lipinski definition) is 1. The van der Waals surface area contributed by atoms with E-state index in [0.717, 1.165) is 24.4 Å². The average molecular weight is 328 g/mol. The zero-order chi connectivity index (χ0) is 15.2. The highest BCUT2D eigenvalue weighted by Gasteiger charge is 2.34. The Balaban J connectivity index is 2.21. The van der Waals surface area contributed by atoms with Crippen LogP contribution in [0, 0.1) is 0 Å². The fourth-order valence-electron chi connectivity index (χ4n) is 2.39. The molecule has 6 heteroatoms. The van der Waals surface area contributed by atoms with Crippen LogP contribution >= 0.6 is 23.5 Å². The third kappa shape index (κ3) is 4.27. The SMILES string of the molecule is CCCNC(c1nccnc1OC)C1CSC(C)C(C)S1. The highest BCUT2D eigenvalue weighted by Crippen LogP contribution is 2.41. The van der Waals surface area contributed by atoms with E-state index >= 15 is 0 Å². The molecule has 2 rings (SSSR count). The van der Waals surface area contributed by atoms with Gasteiger partial charge in [-0.05, 0) is 13.0 Å². The van der Waals surface area contributed by atoms with Gasteiger partial charge in [0.1, 0.15) is 5.69 Å². The lowest BCUT2D eigenvalue weighted by Gasteiger charge is -2.36. The maximum absolute atomic E-state index is 5.42. The molecule has 0 spiro atoms. The first-order valence-electron chi connectivity index (χ1n) is 7.52. The van der Waals surface area contributed by atoms with Crippen molar-refractivity contribution in [1.29, 1.82) is 0 Å². The summed E-state index contributed by atoms with van der Waals surface area (Å²) in [7, 11) is 1.66. The molecule has 0 bridgehead atoms. The van der Waals surface area contributed by atoms with Crippen LogP contribution in [0.15, 0.2) is 12.4 Å². The summed E-state index contributed by atoms with van der Waals surface area (Å²) >= 11 is 4.11. The Labute approximate surface area is 136 Å². The van der Waals surface area contributed by atoms with Crippen molar-refractivity contribution in [2.24, 2.45) is 0 Å². The molecule has 1 N–H and O–H groups in total. The molecule has 4 atom stereocenters. The van der Waals surface area contributed by atoms with Gasteiger partial charge >= 0.3 is 0 Å². The third-order valence-electron chi connectivity index (χ3n) is 3.74. The molecule has 1 aromatic rings. The number of thioether (sulfide) groups is 2. The molecule has 0 aliphatic carbocycles. The van der Waals surface area contributed by atoms with E-state index in [0.29, 0.717) is 21.6 Å². The van der Waals surface area contributed by atoms with Crippen LogP contribution in [-0.2, 0) is 0 Å². The number of nitrogens with one attached hydrogen (secondary N) is 1. The van der Waals surface area contributed by atoms with Crippen LogP contribution in [0.2, 0.25) is 0 Å². The Morgan fingerprint density at radius 2 is 2.10 bits per heavy atom. The maximum atomic E-state index is 5.42. The molecule has 1 fully saturated rings. The van der Waals surface area contributed by atoms with Gasteiger partial charge in [0.15, 0.2) is 0 Å². The van der Waals surface area contributed by atoms with Crippen molar-refractivity contribution in [1.82, 2.24) is 15.3 Å². The molecule has 0 aromatic carbocycles. The minimum Gasteiger partial charge on any atom is -0.480 e. The lowest BCUT2D eigenvalue weighted by atomic mass is 10.1. The Morgan fingerprint density at radius 1 is 1.33 bits per heavy atom. The molecule has 118 valence electrons. The summed E-state index contributed by atoms with van der Waals surface area (Å²) in [6.07, 6.45) is 4.55. The van der Waals surface area contributed by atoms with Crippen LogP contribution in [0.5, 0.6) is 5.88 Å². The second-order valence-electron chi connectivity index (χ2n) is 5.30. The topological polar surface area (TPSA) is 47.0 Å². The number of nitrogens with zero attached hydrogens (tertiary/aromatic N) is 2. The second-order valence-corrected chi connectivity index (χ2v) is 8.33. The highest BCUT2D eigenvalue weighted by molar-refractivity contribution is 8.07. The first kappa shape index (κ1) is 16.9. The zero-order valence-electron chi connectivity index (χ0n) is 13.2. The summed E-state index contributed by atoms with van der Waals surface area (Å²) in [5.41, 5.74) is 0.938. The summed E-state index contributed by atoms with van der Waals surface area (Å²) in [5, 5.41) is 5.51. The van der Waals surface area contributed by atoms with Gasteiger partial charge in [-0.2, -0.15) is 23.5 Å². The fourth-order valence-corrected chi connectivity index (χ4v) is 5.48. The number of aromatic nitrogens is 2. The average Bonchev–Trinajstić information content (AvgIpc) is 2.51. The molecule has 0 saturated carbocycles. The summed E-state index contributed by atoms with van der Waals surface area (Å²) in [6.45, 7) is 7.80. The Hall–Kier alpha value is -0.460. The van der Waals surface area contributed by atoms with Crippen LogP contribution in [-0.4, -0.2) is 45.1 Å². The lowest BCUT2D eigenvalue weighted by molar-refractivity contribution is 0.376. The van der Waals surface area contributed by atoms with Gasteiger partial charge < -0.3 is 10.1 Å². The molecule has 4 unspecified atom stereocenters. The zero-order valence-corrected chi connectivity index (χ0v) is 14.8. The van der Waals surface area contributed by atoms with Gasteiger partial charge in [-0.3, -0.25) is 4.98 Å². The third-order valence-corrected chi connectivity index (χ3v) is 7.23. The predicted molar refractivity (Wildman–Crippen MR) is 92.4 cm³/mol. The van der Waals surface area contributed by atoms with E-state index in [1.165, 1.54) is 0 Å². The smallest absolute Gasteiger partial charge is 0.237 e. The first-order chi connectivity index (χ1) is 10.2. The van der Waals surface area contributed by atoms with Crippen molar-refractivity contribution in [3.63, 3.8) is 0 Å². The van der Waals surface area contributed by atoms with Gasteiger partial charge in [-0.15, -0.1) is 0 Å².